The van der Waals surface area contributed by atoms with Crippen molar-refractivity contribution in [3.8, 4) is 0 Å². The average Bonchev–Trinajstić information content (AvgIpc) is 2.35. The van der Waals surface area contributed by atoms with Crippen molar-refractivity contribution in [3.63, 3.8) is 0 Å². The molecule has 1 nitrogen and oxygen atoms in total. The SMILES string of the molecule is CCCCCCCC(C)(CCCCCC)NCC. The van der Waals surface area contributed by atoms with Crippen LogP contribution in [0.1, 0.15) is 98.3 Å². The highest BCUT2D eigenvalue weighted by atomic mass is 14.9. The van der Waals surface area contributed by atoms with Crippen molar-refractivity contribution in [3.05, 3.63) is 0 Å². The van der Waals surface area contributed by atoms with Crippen molar-refractivity contribution >= 4 is 0 Å². The van der Waals surface area contributed by atoms with Crippen molar-refractivity contribution < 1.29 is 0 Å². The van der Waals surface area contributed by atoms with E-state index in [1.54, 1.807) is 0 Å². The van der Waals surface area contributed by atoms with Gasteiger partial charge in [-0.2, -0.15) is 0 Å². The van der Waals surface area contributed by atoms with Crippen LogP contribution in [0.15, 0.2) is 0 Å². The molecule has 0 aromatic carbocycles. The summed E-state index contributed by atoms with van der Waals surface area (Å²) >= 11 is 0. The first-order chi connectivity index (χ1) is 8.68. The van der Waals surface area contributed by atoms with Gasteiger partial charge in [-0.05, 0) is 26.3 Å². The van der Waals surface area contributed by atoms with Crippen LogP contribution in [0.4, 0.5) is 0 Å². The molecule has 0 aliphatic heterocycles. The van der Waals surface area contributed by atoms with Gasteiger partial charge in [-0.3, -0.25) is 0 Å². The molecular formula is C17H37N. The van der Waals surface area contributed by atoms with Crippen LogP contribution in [-0.4, -0.2) is 12.1 Å². The van der Waals surface area contributed by atoms with E-state index in [1.807, 2.05) is 0 Å². The van der Waals surface area contributed by atoms with Gasteiger partial charge in [0.1, 0.15) is 0 Å². The van der Waals surface area contributed by atoms with Crippen LogP contribution < -0.4 is 5.32 Å². The number of unbranched alkanes of at least 4 members (excludes halogenated alkanes) is 7. The Morgan fingerprint density at radius 1 is 0.667 bits per heavy atom. The second-order valence-electron chi connectivity index (χ2n) is 6.07. The second kappa shape index (κ2) is 12.0. The molecular weight excluding hydrogens is 218 g/mol. The summed E-state index contributed by atoms with van der Waals surface area (Å²) in [4.78, 5) is 0. The molecule has 0 amide bonds. The van der Waals surface area contributed by atoms with E-state index in [-0.39, 0.29) is 0 Å². The van der Waals surface area contributed by atoms with E-state index < -0.39 is 0 Å². The van der Waals surface area contributed by atoms with E-state index in [1.165, 1.54) is 70.6 Å². The first-order valence-electron chi connectivity index (χ1n) is 8.43. The Kier molecular flexibility index (Phi) is 12.0. The second-order valence-corrected chi connectivity index (χ2v) is 6.07. The van der Waals surface area contributed by atoms with Gasteiger partial charge in [0.15, 0.2) is 0 Å². The summed E-state index contributed by atoms with van der Waals surface area (Å²) in [5, 5.41) is 3.73. The van der Waals surface area contributed by atoms with E-state index >= 15 is 0 Å². The van der Waals surface area contributed by atoms with Crippen molar-refractivity contribution in [1.82, 2.24) is 5.32 Å². The lowest BCUT2D eigenvalue weighted by Gasteiger charge is -2.31. The zero-order chi connectivity index (χ0) is 13.7. The van der Waals surface area contributed by atoms with E-state index in [2.05, 4.69) is 33.0 Å². The molecule has 18 heavy (non-hydrogen) atoms. The maximum atomic E-state index is 3.73. The average molecular weight is 255 g/mol. The third-order valence-electron chi connectivity index (χ3n) is 4.02. The summed E-state index contributed by atoms with van der Waals surface area (Å²) in [5.74, 6) is 0. The van der Waals surface area contributed by atoms with Crippen LogP contribution in [0, 0.1) is 0 Å². The van der Waals surface area contributed by atoms with Gasteiger partial charge in [0.05, 0.1) is 0 Å². The highest BCUT2D eigenvalue weighted by Gasteiger charge is 2.21. The standard InChI is InChI=1S/C17H37N/c1-5-8-10-12-14-16-17(4,18-7-3)15-13-11-9-6-2/h18H,5-16H2,1-4H3. The van der Waals surface area contributed by atoms with Crippen molar-refractivity contribution in [2.45, 2.75) is 104 Å². The number of hydrogen-bond donors (Lipinski definition) is 1. The lowest BCUT2D eigenvalue weighted by atomic mass is 9.88. The molecule has 1 heteroatoms. The monoisotopic (exact) mass is 255 g/mol. The molecule has 0 heterocycles. The molecule has 0 aromatic rings. The van der Waals surface area contributed by atoms with E-state index in [0.29, 0.717) is 5.54 Å². The predicted molar refractivity (Wildman–Crippen MR) is 84.2 cm³/mol. The third-order valence-corrected chi connectivity index (χ3v) is 4.02. The summed E-state index contributed by atoms with van der Waals surface area (Å²) in [7, 11) is 0. The van der Waals surface area contributed by atoms with Gasteiger partial charge in [0.2, 0.25) is 0 Å². The molecule has 0 aliphatic rings. The maximum absolute atomic E-state index is 3.73. The molecule has 1 N–H and O–H groups in total. The third kappa shape index (κ3) is 9.94. The van der Waals surface area contributed by atoms with Crippen LogP contribution in [0.25, 0.3) is 0 Å². The van der Waals surface area contributed by atoms with Gasteiger partial charge in [0, 0.05) is 5.54 Å². The van der Waals surface area contributed by atoms with Gasteiger partial charge in [-0.15, -0.1) is 0 Å². The van der Waals surface area contributed by atoms with Crippen LogP contribution in [0.3, 0.4) is 0 Å². The number of hydrogen-bond acceptors (Lipinski definition) is 1. The Bertz CT molecular complexity index is 167. The fourth-order valence-corrected chi connectivity index (χ4v) is 2.79. The minimum Gasteiger partial charge on any atom is -0.312 e. The lowest BCUT2D eigenvalue weighted by molar-refractivity contribution is 0.293. The van der Waals surface area contributed by atoms with Crippen molar-refractivity contribution in [1.29, 1.82) is 0 Å². The molecule has 0 aromatic heterocycles. The van der Waals surface area contributed by atoms with Gasteiger partial charge in [0.25, 0.3) is 0 Å². The Morgan fingerprint density at radius 3 is 1.56 bits per heavy atom. The molecule has 0 radical (unpaired) electrons. The van der Waals surface area contributed by atoms with Crippen LogP contribution in [-0.2, 0) is 0 Å². The summed E-state index contributed by atoms with van der Waals surface area (Å²) < 4.78 is 0. The van der Waals surface area contributed by atoms with Gasteiger partial charge in [-0.25, -0.2) is 0 Å². The fraction of sp³-hybridized carbons (Fsp3) is 1.00. The largest absolute Gasteiger partial charge is 0.312 e. The maximum Gasteiger partial charge on any atom is 0.0153 e. The van der Waals surface area contributed by atoms with Gasteiger partial charge in [-0.1, -0.05) is 78.6 Å². The molecule has 0 fully saturated rings. The first-order valence-corrected chi connectivity index (χ1v) is 8.43. The number of nitrogens with one attached hydrogen (secondary N) is 1. The van der Waals surface area contributed by atoms with Crippen molar-refractivity contribution in [2.75, 3.05) is 6.54 Å². The molecule has 0 bridgehead atoms. The molecule has 1 unspecified atom stereocenters. The van der Waals surface area contributed by atoms with E-state index in [0.717, 1.165) is 6.54 Å². The van der Waals surface area contributed by atoms with E-state index in [4.69, 9.17) is 0 Å². The molecule has 0 spiro atoms. The lowest BCUT2D eigenvalue weighted by Crippen LogP contribution is -2.42. The molecule has 1 atom stereocenters. The first kappa shape index (κ1) is 18.0. The van der Waals surface area contributed by atoms with Crippen molar-refractivity contribution in [2.24, 2.45) is 0 Å². The summed E-state index contributed by atoms with van der Waals surface area (Å²) in [6.45, 7) is 10.4. The highest BCUT2D eigenvalue weighted by molar-refractivity contribution is 4.82. The Hall–Kier alpha value is -0.0400. The fourth-order valence-electron chi connectivity index (χ4n) is 2.79. The minimum atomic E-state index is 0.398. The van der Waals surface area contributed by atoms with Gasteiger partial charge >= 0.3 is 0 Å². The molecule has 110 valence electrons. The number of rotatable bonds is 13. The molecule has 0 saturated heterocycles. The van der Waals surface area contributed by atoms with E-state index in [9.17, 15) is 0 Å². The smallest absolute Gasteiger partial charge is 0.0153 e. The Morgan fingerprint density at radius 2 is 1.11 bits per heavy atom. The predicted octanol–water partition coefficient (Wildman–Crippen LogP) is 5.69. The van der Waals surface area contributed by atoms with Crippen LogP contribution in [0.5, 0.6) is 0 Å². The topological polar surface area (TPSA) is 12.0 Å². The van der Waals surface area contributed by atoms with Crippen LogP contribution >= 0.6 is 0 Å². The zero-order valence-electron chi connectivity index (χ0n) is 13.5. The Labute approximate surface area is 116 Å². The summed E-state index contributed by atoms with van der Waals surface area (Å²) in [6.07, 6.45) is 15.3. The molecule has 0 saturated carbocycles. The summed E-state index contributed by atoms with van der Waals surface area (Å²) in [5.41, 5.74) is 0.398. The normalized spacial score (nSPS) is 14.7. The summed E-state index contributed by atoms with van der Waals surface area (Å²) in [6, 6.07) is 0. The molecule has 0 rings (SSSR count). The minimum absolute atomic E-state index is 0.398. The Balaban J connectivity index is 3.78. The zero-order valence-corrected chi connectivity index (χ0v) is 13.5. The quantitative estimate of drug-likeness (QED) is 0.417. The van der Waals surface area contributed by atoms with Gasteiger partial charge < -0.3 is 5.32 Å². The molecule has 0 aliphatic carbocycles. The van der Waals surface area contributed by atoms with Crippen LogP contribution in [0.2, 0.25) is 0 Å². The highest BCUT2D eigenvalue weighted by Crippen LogP contribution is 2.22.